The smallest absolute Gasteiger partial charge is 0.234 e. The lowest BCUT2D eigenvalue weighted by molar-refractivity contribution is -0.122. The molecule has 0 radical (unpaired) electrons. The molecule has 1 heterocycles. The van der Waals surface area contributed by atoms with Gasteiger partial charge in [-0.25, -0.2) is 17.1 Å². The fourth-order valence-corrected chi connectivity index (χ4v) is 3.57. The van der Waals surface area contributed by atoms with Gasteiger partial charge in [0.05, 0.1) is 12.8 Å². The Kier molecular flexibility index (Phi) is 6.70. The van der Waals surface area contributed by atoms with Crippen molar-refractivity contribution in [3.05, 3.63) is 35.6 Å². The lowest BCUT2D eigenvalue weighted by Crippen LogP contribution is -2.40. The van der Waals surface area contributed by atoms with Gasteiger partial charge in [-0.15, -0.1) is 0 Å². The molecular formula is C16H24FN3O3S. The second kappa shape index (κ2) is 8.55. The van der Waals surface area contributed by atoms with E-state index in [4.69, 9.17) is 0 Å². The Morgan fingerprint density at radius 2 is 1.88 bits per heavy atom. The molecule has 1 aromatic carbocycles. The van der Waals surface area contributed by atoms with Crippen LogP contribution in [0.2, 0.25) is 0 Å². The van der Waals surface area contributed by atoms with Crippen LogP contribution >= 0.6 is 0 Å². The summed E-state index contributed by atoms with van der Waals surface area (Å²) in [5.41, 5.74) is 0.968. The quantitative estimate of drug-likeness (QED) is 0.803. The van der Waals surface area contributed by atoms with Crippen LogP contribution in [0.25, 0.3) is 0 Å². The molecule has 1 saturated heterocycles. The number of hydrogen-bond donors (Lipinski definition) is 1. The molecule has 0 bridgehead atoms. The number of halogens is 1. The third kappa shape index (κ3) is 6.18. The number of hydrogen-bond acceptors (Lipinski definition) is 4. The highest BCUT2D eigenvalue weighted by Gasteiger charge is 2.22. The molecule has 1 amide bonds. The SMILES string of the molecule is CS(=O)(=O)N1CCCN(CC(=O)NCCc2ccc(F)cc2)CC1. The van der Waals surface area contributed by atoms with Crippen molar-refractivity contribution in [1.29, 1.82) is 0 Å². The molecule has 0 unspecified atom stereocenters. The number of amides is 1. The van der Waals surface area contributed by atoms with E-state index in [9.17, 15) is 17.6 Å². The van der Waals surface area contributed by atoms with Gasteiger partial charge in [0.25, 0.3) is 0 Å². The van der Waals surface area contributed by atoms with Crippen LogP contribution in [0.3, 0.4) is 0 Å². The molecule has 1 aliphatic heterocycles. The Hall–Kier alpha value is -1.51. The zero-order valence-corrected chi connectivity index (χ0v) is 14.7. The van der Waals surface area contributed by atoms with E-state index in [-0.39, 0.29) is 18.3 Å². The average molecular weight is 357 g/mol. The number of carbonyl (C=O) groups is 1. The maximum atomic E-state index is 12.8. The number of nitrogens with zero attached hydrogens (tertiary/aromatic N) is 2. The fraction of sp³-hybridized carbons (Fsp3) is 0.562. The molecule has 0 aromatic heterocycles. The molecule has 1 aromatic rings. The Labute approximate surface area is 142 Å². The third-order valence-corrected chi connectivity index (χ3v) is 5.34. The average Bonchev–Trinajstić information content (AvgIpc) is 2.74. The van der Waals surface area contributed by atoms with E-state index in [1.807, 2.05) is 4.90 Å². The maximum Gasteiger partial charge on any atom is 0.234 e. The minimum absolute atomic E-state index is 0.0788. The topological polar surface area (TPSA) is 69.7 Å². The number of nitrogens with one attached hydrogen (secondary N) is 1. The molecule has 8 heteroatoms. The van der Waals surface area contributed by atoms with Crippen LogP contribution < -0.4 is 5.32 Å². The van der Waals surface area contributed by atoms with Gasteiger partial charge in [0.1, 0.15) is 5.82 Å². The lowest BCUT2D eigenvalue weighted by atomic mass is 10.1. The van der Waals surface area contributed by atoms with Gasteiger partial charge in [0, 0.05) is 26.2 Å². The van der Waals surface area contributed by atoms with Gasteiger partial charge in [-0.2, -0.15) is 0 Å². The molecular weight excluding hydrogens is 333 g/mol. The van der Waals surface area contributed by atoms with Crippen LogP contribution in [0.4, 0.5) is 4.39 Å². The van der Waals surface area contributed by atoms with Crippen LogP contribution in [-0.4, -0.2) is 69.1 Å². The van der Waals surface area contributed by atoms with Crippen LogP contribution in [0.5, 0.6) is 0 Å². The summed E-state index contributed by atoms with van der Waals surface area (Å²) in [4.78, 5) is 14.0. The number of benzene rings is 1. The summed E-state index contributed by atoms with van der Waals surface area (Å²) in [6.45, 7) is 2.94. The Morgan fingerprint density at radius 3 is 2.54 bits per heavy atom. The minimum atomic E-state index is -3.17. The van der Waals surface area contributed by atoms with Crippen LogP contribution in [0.15, 0.2) is 24.3 Å². The summed E-state index contributed by atoms with van der Waals surface area (Å²) in [5.74, 6) is -0.350. The fourth-order valence-electron chi connectivity index (χ4n) is 2.69. The van der Waals surface area contributed by atoms with Crippen LogP contribution in [0, 0.1) is 5.82 Å². The van der Waals surface area contributed by atoms with E-state index in [1.54, 1.807) is 12.1 Å². The molecule has 0 saturated carbocycles. The molecule has 1 fully saturated rings. The molecule has 2 rings (SSSR count). The Bertz CT molecular complexity index is 649. The lowest BCUT2D eigenvalue weighted by Gasteiger charge is -2.20. The second-order valence-corrected chi connectivity index (χ2v) is 8.00. The van der Waals surface area contributed by atoms with E-state index in [0.29, 0.717) is 39.1 Å². The molecule has 0 aliphatic carbocycles. The molecule has 1 N–H and O–H groups in total. The normalized spacial score (nSPS) is 17.4. The number of carbonyl (C=O) groups excluding carboxylic acids is 1. The first-order valence-corrected chi connectivity index (χ1v) is 9.88. The highest BCUT2D eigenvalue weighted by atomic mass is 32.2. The zero-order chi connectivity index (χ0) is 17.6. The van der Waals surface area contributed by atoms with Crippen molar-refractivity contribution in [2.75, 3.05) is 45.5 Å². The van der Waals surface area contributed by atoms with E-state index in [0.717, 1.165) is 12.0 Å². The predicted molar refractivity (Wildman–Crippen MR) is 90.6 cm³/mol. The summed E-state index contributed by atoms with van der Waals surface area (Å²) in [6, 6.07) is 6.22. The van der Waals surface area contributed by atoms with Crippen molar-refractivity contribution >= 4 is 15.9 Å². The highest BCUT2D eigenvalue weighted by Crippen LogP contribution is 2.07. The second-order valence-electron chi connectivity index (χ2n) is 6.02. The summed E-state index contributed by atoms with van der Waals surface area (Å²) < 4.78 is 37.4. The first kappa shape index (κ1) is 18.8. The van der Waals surface area contributed by atoms with Gasteiger partial charge in [-0.1, -0.05) is 12.1 Å². The van der Waals surface area contributed by atoms with Gasteiger partial charge < -0.3 is 5.32 Å². The van der Waals surface area contributed by atoms with E-state index < -0.39 is 10.0 Å². The Morgan fingerprint density at radius 1 is 1.17 bits per heavy atom. The van der Waals surface area contributed by atoms with Gasteiger partial charge in [-0.3, -0.25) is 9.69 Å². The third-order valence-electron chi connectivity index (χ3n) is 4.03. The van der Waals surface area contributed by atoms with E-state index in [1.165, 1.54) is 22.7 Å². The maximum absolute atomic E-state index is 12.8. The van der Waals surface area contributed by atoms with E-state index >= 15 is 0 Å². The van der Waals surface area contributed by atoms with Gasteiger partial charge in [0.15, 0.2) is 0 Å². The molecule has 1 aliphatic rings. The molecule has 24 heavy (non-hydrogen) atoms. The van der Waals surface area contributed by atoms with Crippen molar-refractivity contribution in [2.24, 2.45) is 0 Å². The molecule has 0 atom stereocenters. The summed E-state index contributed by atoms with van der Waals surface area (Å²) >= 11 is 0. The minimum Gasteiger partial charge on any atom is -0.355 e. The number of rotatable bonds is 6. The van der Waals surface area contributed by atoms with Crippen LogP contribution in [0.1, 0.15) is 12.0 Å². The van der Waals surface area contributed by atoms with Crippen molar-refractivity contribution in [3.8, 4) is 0 Å². The summed E-state index contributed by atoms with van der Waals surface area (Å²) in [5, 5.41) is 2.85. The van der Waals surface area contributed by atoms with Crippen LogP contribution in [-0.2, 0) is 21.2 Å². The first-order chi connectivity index (χ1) is 11.3. The van der Waals surface area contributed by atoms with Gasteiger partial charge in [0.2, 0.25) is 15.9 Å². The first-order valence-electron chi connectivity index (χ1n) is 8.03. The monoisotopic (exact) mass is 357 g/mol. The van der Waals surface area contributed by atoms with Crippen molar-refractivity contribution in [1.82, 2.24) is 14.5 Å². The van der Waals surface area contributed by atoms with Gasteiger partial charge >= 0.3 is 0 Å². The van der Waals surface area contributed by atoms with Crippen molar-refractivity contribution < 1.29 is 17.6 Å². The molecule has 6 nitrogen and oxygen atoms in total. The van der Waals surface area contributed by atoms with Crippen molar-refractivity contribution in [3.63, 3.8) is 0 Å². The number of sulfonamides is 1. The molecule has 0 spiro atoms. The predicted octanol–water partition coefficient (Wildman–Crippen LogP) is 0.452. The Balaban J connectivity index is 1.71. The van der Waals surface area contributed by atoms with Gasteiger partial charge in [-0.05, 0) is 37.1 Å². The standard InChI is InChI=1S/C16H24FN3O3S/c1-24(22,23)20-10-2-9-19(11-12-20)13-16(21)18-8-7-14-3-5-15(17)6-4-14/h3-6H,2,7-13H2,1H3,(H,18,21). The zero-order valence-electron chi connectivity index (χ0n) is 13.9. The summed E-state index contributed by atoms with van der Waals surface area (Å²) in [6.07, 6.45) is 2.58. The highest BCUT2D eigenvalue weighted by molar-refractivity contribution is 7.88. The molecule has 134 valence electrons. The van der Waals surface area contributed by atoms with E-state index in [2.05, 4.69) is 5.32 Å². The summed E-state index contributed by atoms with van der Waals surface area (Å²) in [7, 11) is -3.17. The largest absolute Gasteiger partial charge is 0.355 e. The van der Waals surface area contributed by atoms with Crippen molar-refractivity contribution in [2.45, 2.75) is 12.8 Å².